The number of hydrogen-bond donors (Lipinski definition) is 2. The second-order valence-corrected chi connectivity index (χ2v) is 7.46. The molecule has 0 aliphatic carbocycles. The standard InChI is InChI=1S/C18H16Br2N4O4/c1-10-3-12(9-28-2)13(6-21)18(27)24(10)8-16(25)23-22-7-11-4-14(19)17(26)15(20)5-11/h3-5,7,26H,8-9H2,1-2H3,(H,23,25)/b22-7-. The molecule has 0 saturated heterocycles. The average molecular weight is 512 g/mol. The number of nitrogens with zero attached hydrogens (tertiary/aromatic N) is 3. The number of hydrazone groups is 1. The van der Waals surface area contributed by atoms with E-state index in [0.29, 0.717) is 25.8 Å². The highest BCUT2D eigenvalue weighted by molar-refractivity contribution is 9.11. The molecule has 2 rings (SSSR count). The lowest BCUT2D eigenvalue weighted by atomic mass is 10.1. The molecule has 0 bridgehead atoms. The van der Waals surface area contributed by atoms with Crippen molar-refractivity contribution < 1.29 is 14.6 Å². The predicted molar refractivity (Wildman–Crippen MR) is 110 cm³/mol. The SMILES string of the molecule is COCc1cc(C)n(CC(=O)N/N=C\c2cc(Br)c(O)c(Br)c2)c(=O)c1C#N. The molecular formula is C18H16Br2N4O4. The first kappa shape index (κ1) is 21.8. The molecule has 0 radical (unpaired) electrons. The Morgan fingerprint density at radius 1 is 1.39 bits per heavy atom. The maximum atomic E-state index is 12.5. The van der Waals surface area contributed by atoms with Crippen molar-refractivity contribution in [2.45, 2.75) is 20.1 Å². The molecule has 146 valence electrons. The van der Waals surface area contributed by atoms with Crippen molar-refractivity contribution in [3.05, 3.63) is 59.9 Å². The van der Waals surface area contributed by atoms with Gasteiger partial charge in [0.2, 0.25) is 0 Å². The van der Waals surface area contributed by atoms with Crippen molar-refractivity contribution in [3.63, 3.8) is 0 Å². The molecule has 1 heterocycles. The van der Waals surface area contributed by atoms with Crippen molar-refractivity contribution >= 4 is 44.0 Å². The second-order valence-electron chi connectivity index (χ2n) is 5.75. The van der Waals surface area contributed by atoms with Crippen LogP contribution in [0.4, 0.5) is 0 Å². The number of pyridine rings is 1. The van der Waals surface area contributed by atoms with Crippen LogP contribution in [0.2, 0.25) is 0 Å². The van der Waals surface area contributed by atoms with Crippen molar-refractivity contribution in [3.8, 4) is 11.8 Å². The quantitative estimate of drug-likeness (QED) is 0.456. The van der Waals surface area contributed by atoms with Gasteiger partial charge in [-0.05, 0) is 62.5 Å². The summed E-state index contributed by atoms with van der Waals surface area (Å²) in [6.07, 6.45) is 1.39. The zero-order valence-electron chi connectivity index (χ0n) is 15.0. The van der Waals surface area contributed by atoms with Gasteiger partial charge in [-0.1, -0.05) is 0 Å². The molecule has 0 aliphatic rings. The lowest BCUT2D eigenvalue weighted by molar-refractivity contribution is -0.121. The molecular weight excluding hydrogens is 496 g/mol. The zero-order chi connectivity index (χ0) is 20.8. The number of amides is 1. The summed E-state index contributed by atoms with van der Waals surface area (Å²) in [5.41, 5.74) is 3.36. The number of carbonyl (C=O) groups excluding carboxylic acids is 1. The molecule has 1 aromatic heterocycles. The normalized spacial score (nSPS) is 10.8. The third-order valence-corrected chi connectivity index (χ3v) is 4.95. The van der Waals surface area contributed by atoms with Crippen LogP contribution < -0.4 is 11.0 Å². The molecule has 2 aromatic rings. The number of carbonyl (C=O) groups is 1. The molecule has 0 aliphatic heterocycles. The molecule has 10 heteroatoms. The number of halogens is 2. The van der Waals surface area contributed by atoms with Crippen LogP contribution in [-0.2, 0) is 22.7 Å². The van der Waals surface area contributed by atoms with Gasteiger partial charge in [-0.15, -0.1) is 0 Å². The fraction of sp³-hybridized carbons (Fsp3) is 0.222. The Kier molecular flexibility index (Phi) is 7.51. The minimum atomic E-state index is -0.555. The number of rotatable bonds is 6. The van der Waals surface area contributed by atoms with Gasteiger partial charge in [0.05, 0.1) is 21.8 Å². The fourth-order valence-electron chi connectivity index (χ4n) is 2.44. The van der Waals surface area contributed by atoms with Crippen molar-refractivity contribution in [1.82, 2.24) is 9.99 Å². The molecule has 1 amide bonds. The van der Waals surface area contributed by atoms with Gasteiger partial charge in [-0.25, -0.2) is 5.43 Å². The summed E-state index contributed by atoms with van der Waals surface area (Å²) in [5, 5.41) is 22.8. The molecule has 2 N–H and O–H groups in total. The van der Waals surface area contributed by atoms with Crippen LogP contribution in [0.1, 0.15) is 22.4 Å². The largest absolute Gasteiger partial charge is 0.506 e. The van der Waals surface area contributed by atoms with E-state index < -0.39 is 11.5 Å². The predicted octanol–water partition coefficient (Wildman–Crippen LogP) is 2.56. The highest BCUT2D eigenvalue weighted by Gasteiger charge is 2.14. The summed E-state index contributed by atoms with van der Waals surface area (Å²) >= 11 is 6.41. The molecule has 0 unspecified atom stereocenters. The van der Waals surface area contributed by atoms with Crippen molar-refractivity contribution in [2.24, 2.45) is 5.10 Å². The van der Waals surface area contributed by atoms with Gasteiger partial charge in [-0.2, -0.15) is 10.4 Å². The van der Waals surface area contributed by atoms with E-state index in [9.17, 15) is 20.0 Å². The number of nitrogens with one attached hydrogen (secondary N) is 1. The molecule has 0 fully saturated rings. The summed E-state index contributed by atoms with van der Waals surface area (Å²) in [7, 11) is 1.47. The Labute approximate surface area is 177 Å². The van der Waals surface area contributed by atoms with E-state index in [1.165, 1.54) is 17.9 Å². The lowest BCUT2D eigenvalue weighted by Gasteiger charge is -2.12. The number of methoxy groups -OCH3 is 1. The van der Waals surface area contributed by atoms with Crippen LogP contribution >= 0.6 is 31.9 Å². The van der Waals surface area contributed by atoms with Gasteiger partial charge >= 0.3 is 0 Å². The number of aryl methyl sites for hydroxylation is 1. The van der Waals surface area contributed by atoms with Crippen molar-refractivity contribution in [2.75, 3.05) is 7.11 Å². The number of nitriles is 1. The summed E-state index contributed by atoms with van der Waals surface area (Å²) in [5.74, 6) is -0.469. The van der Waals surface area contributed by atoms with Crippen LogP contribution in [0.25, 0.3) is 0 Å². The topological polar surface area (TPSA) is 117 Å². The first-order chi connectivity index (χ1) is 13.3. The minimum absolute atomic E-state index is 0.0532. The highest BCUT2D eigenvalue weighted by atomic mass is 79.9. The summed E-state index contributed by atoms with van der Waals surface area (Å²) < 4.78 is 7.14. The van der Waals surface area contributed by atoms with E-state index in [2.05, 4.69) is 42.4 Å². The Morgan fingerprint density at radius 2 is 2.04 bits per heavy atom. The molecule has 28 heavy (non-hydrogen) atoms. The number of benzene rings is 1. The van der Waals surface area contributed by atoms with Crippen LogP contribution in [0.3, 0.4) is 0 Å². The van der Waals surface area contributed by atoms with E-state index in [-0.39, 0.29) is 24.5 Å². The maximum Gasteiger partial charge on any atom is 0.269 e. The fourth-order valence-corrected chi connectivity index (χ4v) is 3.66. The summed E-state index contributed by atoms with van der Waals surface area (Å²) in [6.45, 7) is 1.52. The first-order valence-corrected chi connectivity index (χ1v) is 9.49. The lowest BCUT2D eigenvalue weighted by Crippen LogP contribution is -2.33. The number of ether oxygens (including phenoxy) is 1. The van der Waals surface area contributed by atoms with Crippen LogP contribution in [0, 0.1) is 18.3 Å². The third kappa shape index (κ3) is 5.07. The third-order valence-electron chi connectivity index (χ3n) is 3.74. The molecule has 1 aromatic carbocycles. The average Bonchev–Trinajstić information content (AvgIpc) is 2.63. The van der Waals surface area contributed by atoms with E-state index in [0.717, 1.165) is 0 Å². The Bertz CT molecular complexity index is 1020. The van der Waals surface area contributed by atoms with Gasteiger partial charge in [0.15, 0.2) is 0 Å². The highest BCUT2D eigenvalue weighted by Crippen LogP contribution is 2.32. The van der Waals surface area contributed by atoms with Crippen LogP contribution in [-0.4, -0.2) is 28.9 Å². The smallest absolute Gasteiger partial charge is 0.269 e. The van der Waals surface area contributed by atoms with Gasteiger partial charge in [0.1, 0.15) is 23.9 Å². The van der Waals surface area contributed by atoms with Crippen LogP contribution in [0.15, 0.2) is 37.0 Å². The monoisotopic (exact) mass is 510 g/mol. The van der Waals surface area contributed by atoms with E-state index >= 15 is 0 Å². The van der Waals surface area contributed by atoms with Gasteiger partial charge in [0.25, 0.3) is 11.5 Å². The summed E-state index contributed by atoms with van der Waals surface area (Å²) in [6, 6.07) is 6.76. The Morgan fingerprint density at radius 3 is 2.61 bits per heavy atom. The van der Waals surface area contributed by atoms with Gasteiger partial charge < -0.3 is 14.4 Å². The molecule has 0 atom stereocenters. The number of aromatic hydroxyl groups is 1. The van der Waals surface area contributed by atoms with Gasteiger partial charge in [-0.3, -0.25) is 9.59 Å². The number of phenolic OH excluding ortho intramolecular Hbond substituents is 1. The Balaban J connectivity index is 2.16. The minimum Gasteiger partial charge on any atom is -0.506 e. The molecule has 0 saturated carbocycles. The van der Waals surface area contributed by atoms with E-state index in [1.807, 2.05) is 6.07 Å². The second kappa shape index (κ2) is 9.64. The zero-order valence-corrected chi connectivity index (χ0v) is 18.2. The molecule has 8 nitrogen and oxygen atoms in total. The van der Waals surface area contributed by atoms with E-state index in [4.69, 9.17) is 4.74 Å². The maximum absolute atomic E-state index is 12.5. The molecule has 0 spiro atoms. The van der Waals surface area contributed by atoms with Crippen LogP contribution in [0.5, 0.6) is 5.75 Å². The number of phenols is 1. The number of hydrogen-bond acceptors (Lipinski definition) is 6. The summed E-state index contributed by atoms with van der Waals surface area (Å²) in [4.78, 5) is 24.6. The van der Waals surface area contributed by atoms with Gasteiger partial charge in [0, 0.05) is 18.4 Å². The van der Waals surface area contributed by atoms with Crippen molar-refractivity contribution in [1.29, 1.82) is 5.26 Å². The van der Waals surface area contributed by atoms with E-state index in [1.54, 1.807) is 25.1 Å². The Hall–Kier alpha value is -2.48. The first-order valence-electron chi connectivity index (χ1n) is 7.90. The number of aromatic nitrogens is 1.